The fraction of sp³-hybridized carbons (Fsp3) is 0.417. The van der Waals surface area contributed by atoms with Crippen LogP contribution in [0.3, 0.4) is 0 Å². The second-order valence-corrected chi connectivity index (χ2v) is 3.88. The van der Waals surface area contributed by atoms with Gasteiger partial charge in [0.05, 0.1) is 5.52 Å². The fourth-order valence-electron chi connectivity index (χ4n) is 1.69. The highest BCUT2D eigenvalue weighted by atomic mass is 16.4. The lowest BCUT2D eigenvalue weighted by atomic mass is 10.2. The molecule has 0 amide bonds. The third kappa shape index (κ3) is 3.18. The van der Waals surface area contributed by atoms with E-state index in [-0.39, 0.29) is 0 Å². The smallest absolute Gasteiger partial charge is 0.408 e. The van der Waals surface area contributed by atoms with E-state index in [4.69, 9.17) is 4.42 Å². The van der Waals surface area contributed by atoms with Gasteiger partial charge in [-0.3, -0.25) is 4.98 Å². The highest BCUT2D eigenvalue weighted by molar-refractivity contribution is 5.72. The maximum absolute atomic E-state index is 11.0. The first-order valence-electron chi connectivity index (χ1n) is 5.83. The highest BCUT2D eigenvalue weighted by Gasteiger charge is 2.01. The molecular weight excluding hydrogens is 218 g/mol. The van der Waals surface area contributed by atoms with Crippen LogP contribution < -0.4 is 16.4 Å². The molecule has 5 heteroatoms. The van der Waals surface area contributed by atoms with Crippen molar-refractivity contribution in [2.24, 2.45) is 0 Å². The monoisotopic (exact) mass is 235 g/mol. The molecule has 1 aromatic heterocycles. The number of aromatic nitrogens is 1. The second-order valence-electron chi connectivity index (χ2n) is 3.88. The maximum Gasteiger partial charge on any atom is 0.417 e. The summed E-state index contributed by atoms with van der Waals surface area (Å²) in [6, 6.07) is 5.73. The minimum atomic E-state index is -0.405. The molecule has 0 atom stereocenters. The summed E-state index contributed by atoms with van der Waals surface area (Å²) in [5.74, 6) is -0.405. The van der Waals surface area contributed by atoms with Gasteiger partial charge in [0.1, 0.15) is 0 Å². The minimum absolute atomic E-state index is 0.405. The van der Waals surface area contributed by atoms with Crippen LogP contribution in [0.25, 0.3) is 11.1 Å². The Kier molecular flexibility index (Phi) is 3.95. The first-order chi connectivity index (χ1) is 8.29. The van der Waals surface area contributed by atoms with Gasteiger partial charge in [-0.1, -0.05) is 13.0 Å². The third-order valence-electron chi connectivity index (χ3n) is 2.54. The molecule has 0 saturated heterocycles. The Labute approximate surface area is 99.2 Å². The van der Waals surface area contributed by atoms with E-state index in [9.17, 15) is 4.79 Å². The van der Waals surface area contributed by atoms with Crippen LogP contribution in [0.1, 0.15) is 12.5 Å². The van der Waals surface area contributed by atoms with Crippen molar-refractivity contribution in [1.82, 2.24) is 15.6 Å². The Hall–Kier alpha value is -1.59. The molecule has 1 heterocycles. The summed E-state index contributed by atoms with van der Waals surface area (Å²) >= 11 is 0. The Bertz CT molecular complexity index is 530. The first-order valence-corrected chi connectivity index (χ1v) is 5.83. The van der Waals surface area contributed by atoms with E-state index < -0.39 is 5.76 Å². The van der Waals surface area contributed by atoms with E-state index in [0.29, 0.717) is 5.58 Å². The van der Waals surface area contributed by atoms with Gasteiger partial charge in [-0.15, -0.1) is 0 Å². The Morgan fingerprint density at radius 3 is 2.94 bits per heavy atom. The summed E-state index contributed by atoms with van der Waals surface area (Å²) in [4.78, 5) is 13.6. The lowest BCUT2D eigenvalue weighted by molar-refractivity contribution is 0.554. The van der Waals surface area contributed by atoms with Gasteiger partial charge in [0.2, 0.25) is 0 Å². The zero-order valence-electron chi connectivity index (χ0n) is 9.88. The van der Waals surface area contributed by atoms with Crippen molar-refractivity contribution >= 4 is 11.1 Å². The van der Waals surface area contributed by atoms with Crippen LogP contribution in [0.2, 0.25) is 0 Å². The fourth-order valence-corrected chi connectivity index (χ4v) is 1.69. The number of H-pyrrole nitrogens is 1. The molecule has 0 bridgehead atoms. The number of fused-ring (bicyclic) bond motifs is 1. The Morgan fingerprint density at radius 1 is 1.29 bits per heavy atom. The summed E-state index contributed by atoms with van der Waals surface area (Å²) in [6.07, 6.45) is 0. The van der Waals surface area contributed by atoms with E-state index in [0.717, 1.165) is 37.3 Å². The van der Waals surface area contributed by atoms with E-state index >= 15 is 0 Å². The third-order valence-corrected chi connectivity index (χ3v) is 2.54. The number of hydrogen-bond donors (Lipinski definition) is 3. The molecule has 2 aromatic rings. The molecule has 0 aliphatic heterocycles. The van der Waals surface area contributed by atoms with Gasteiger partial charge < -0.3 is 15.1 Å². The van der Waals surface area contributed by atoms with Crippen LogP contribution in [-0.4, -0.2) is 24.6 Å². The van der Waals surface area contributed by atoms with Crippen LogP contribution in [0.5, 0.6) is 0 Å². The maximum atomic E-state index is 11.0. The van der Waals surface area contributed by atoms with Gasteiger partial charge in [-0.25, -0.2) is 4.79 Å². The van der Waals surface area contributed by atoms with Gasteiger partial charge in [0.15, 0.2) is 5.58 Å². The molecule has 17 heavy (non-hydrogen) atoms. The average Bonchev–Trinajstić information content (AvgIpc) is 2.68. The topological polar surface area (TPSA) is 70.1 Å². The number of likely N-dealkylation sites (N-methyl/N-ethyl adjacent to an activating group) is 1. The summed E-state index contributed by atoms with van der Waals surface area (Å²) in [7, 11) is 0. The number of hydrogen-bond acceptors (Lipinski definition) is 4. The van der Waals surface area contributed by atoms with Crippen molar-refractivity contribution in [3.63, 3.8) is 0 Å². The standard InChI is InChI=1S/C12H17N3O2/c1-2-13-5-6-14-8-9-3-4-10-11(7-9)17-12(16)15-10/h3-4,7,13-14H,2,5-6,8H2,1H3,(H,15,16). The van der Waals surface area contributed by atoms with Gasteiger partial charge in [-0.2, -0.15) is 0 Å². The van der Waals surface area contributed by atoms with Crippen molar-refractivity contribution in [2.45, 2.75) is 13.5 Å². The predicted molar refractivity (Wildman–Crippen MR) is 67.1 cm³/mol. The molecule has 1 aromatic carbocycles. The van der Waals surface area contributed by atoms with Gasteiger partial charge in [-0.05, 0) is 24.2 Å². The van der Waals surface area contributed by atoms with Crippen LogP contribution in [-0.2, 0) is 6.54 Å². The molecule has 2 rings (SSSR count). The molecule has 0 unspecified atom stereocenters. The second kappa shape index (κ2) is 5.65. The lowest BCUT2D eigenvalue weighted by Crippen LogP contribution is -2.26. The van der Waals surface area contributed by atoms with Crippen LogP contribution >= 0.6 is 0 Å². The number of rotatable bonds is 6. The molecular formula is C12H17N3O2. The first kappa shape index (κ1) is 11.9. The molecule has 0 spiro atoms. The predicted octanol–water partition coefficient (Wildman–Crippen LogP) is 0.820. The van der Waals surface area contributed by atoms with E-state index in [1.54, 1.807) is 0 Å². The van der Waals surface area contributed by atoms with Crippen molar-refractivity contribution < 1.29 is 4.42 Å². The minimum Gasteiger partial charge on any atom is -0.408 e. The molecule has 0 radical (unpaired) electrons. The van der Waals surface area contributed by atoms with Crippen molar-refractivity contribution in [1.29, 1.82) is 0 Å². The van der Waals surface area contributed by atoms with Gasteiger partial charge in [0.25, 0.3) is 0 Å². The summed E-state index contributed by atoms with van der Waals surface area (Å²) in [5.41, 5.74) is 2.46. The van der Waals surface area contributed by atoms with E-state index in [2.05, 4.69) is 22.5 Å². The van der Waals surface area contributed by atoms with Crippen molar-refractivity contribution in [3.05, 3.63) is 34.3 Å². The van der Waals surface area contributed by atoms with Gasteiger partial charge >= 0.3 is 5.76 Å². The van der Waals surface area contributed by atoms with E-state index in [1.165, 1.54) is 0 Å². The van der Waals surface area contributed by atoms with Crippen molar-refractivity contribution in [3.8, 4) is 0 Å². The van der Waals surface area contributed by atoms with Crippen molar-refractivity contribution in [2.75, 3.05) is 19.6 Å². The van der Waals surface area contributed by atoms with Gasteiger partial charge in [0, 0.05) is 19.6 Å². The summed E-state index contributed by atoms with van der Waals surface area (Å²) in [5, 5.41) is 6.56. The van der Waals surface area contributed by atoms with E-state index in [1.807, 2.05) is 18.2 Å². The number of nitrogens with one attached hydrogen (secondary N) is 3. The van der Waals surface area contributed by atoms with Crippen LogP contribution in [0.4, 0.5) is 0 Å². The molecule has 0 saturated carbocycles. The summed E-state index contributed by atoms with van der Waals surface area (Å²) < 4.78 is 5.00. The summed E-state index contributed by atoms with van der Waals surface area (Å²) in [6.45, 7) is 5.72. The SMILES string of the molecule is CCNCCNCc1ccc2[nH]c(=O)oc2c1. The molecule has 0 aliphatic rings. The molecule has 0 aliphatic carbocycles. The van der Waals surface area contributed by atoms with Crippen LogP contribution in [0, 0.1) is 0 Å². The molecule has 0 fully saturated rings. The zero-order valence-corrected chi connectivity index (χ0v) is 9.88. The zero-order chi connectivity index (χ0) is 12.1. The highest BCUT2D eigenvalue weighted by Crippen LogP contribution is 2.11. The largest absolute Gasteiger partial charge is 0.417 e. The lowest BCUT2D eigenvalue weighted by Gasteiger charge is -2.04. The molecule has 5 nitrogen and oxygen atoms in total. The number of benzene rings is 1. The van der Waals surface area contributed by atoms with Crippen LogP contribution in [0.15, 0.2) is 27.4 Å². The number of aromatic amines is 1. The molecule has 92 valence electrons. The quantitative estimate of drug-likeness (QED) is 0.648. The average molecular weight is 235 g/mol. The number of oxazole rings is 1. The normalized spacial score (nSPS) is 11.1. The molecule has 3 N–H and O–H groups in total. The Morgan fingerprint density at radius 2 is 2.12 bits per heavy atom. The Balaban J connectivity index is 1.92.